The Balaban J connectivity index is 1.72. The Kier molecular flexibility index (Phi) is 4.71. The van der Waals surface area contributed by atoms with Crippen molar-refractivity contribution in [1.29, 1.82) is 0 Å². The van der Waals surface area contributed by atoms with Crippen LogP contribution in [0.5, 0.6) is 0 Å². The van der Waals surface area contributed by atoms with Crippen LogP contribution in [0.1, 0.15) is 47.4 Å². The maximum Gasteiger partial charge on any atom is 0.255 e. The highest BCUT2D eigenvalue weighted by atomic mass is 32.1. The molecule has 0 bridgehead atoms. The summed E-state index contributed by atoms with van der Waals surface area (Å²) in [6.45, 7) is 2.74. The molecule has 0 aliphatic carbocycles. The second kappa shape index (κ2) is 6.91. The number of hydrogen-bond donors (Lipinski definition) is 1. The van der Waals surface area contributed by atoms with Gasteiger partial charge >= 0.3 is 0 Å². The van der Waals surface area contributed by atoms with Gasteiger partial charge < -0.3 is 10.2 Å². The third-order valence-corrected chi connectivity index (χ3v) is 4.70. The van der Waals surface area contributed by atoms with Crippen LogP contribution in [-0.2, 0) is 11.3 Å². The zero-order valence-electron chi connectivity index (χ0n) is 13.0. The summed E-state index contributed by atoms with van der Waals surface area (Å²) >= 11 is 1.54. The first-order valence-corrected chi connectivity index (χ1v) is 8.62. The molecule has 0 radical (unpaired) electrons. The maximum atomic E-state index is 12.6. The maximum absolute atomic E-state index is 12.6. The first kappa shape index (κ1) is 15.7. The molecule has 6 heteroatoms. The van der Waals surface area contributed by atoms with Crippen LogP contribution in [0.15, 0.2) is 35.2 Å². The van der Waals surface area contributed by atoms with Gasteiger partial charge in [-0.2, -0.15) is 11.3 Å². The first-order valence-electron chi connectivity index (χ1n) is 7.67. The number of pyridine rings is 1. The number of rotatable bonds is 4. The van der Waals surface area contributed by atoms with E-state index in [1.54, 1.807) is 6.20 Å². The molecule has 0 unspecified atom stereocenters. The topological polar surface area (TPSA) is 62.3 Å². The molecule has 1 aliphatic heterocycles. The summed E-state index contributed by atoms with van der Waals surface area (Å²) in [5, 5.41) is 6.57. The highest BCUT2D eigenvalue weighted by molar-refractivity contribution is 7.08. The predicted octanol–water partition coefficient (Wildman–Crippen LogP) is 2.76. The molecule has 23 heavy (non-hydrogen) atoms. The van der Waals surface area contributed by atoms with Crippen molar-refractivity contribution in [3.05, 3.63) is 52.0 Å². The van der Waals surface area contributed by atoms with Crippen LogP contribution in [0.4, 0.5) is 0 Å². The molecule has 1 N–H and O–H groups in total. The molecule has 5 nitrogen and oxygen atoms in total. The van der Waals surface area contributed by atoms with Gasteiger partial charge in [0.2, 0.25) is 5.91 Å². The van der Waals surface area contributed by atoms with Gasteiger partial charge in [-0.25, -0.2) is 0 Å². The summed E-state index contributed by atoms with van der Waals surface area (Å²) in [5.41, 5.74) is 2.62. The fourth-order valence-corrected chi connectivity index (χ4v) is 3.46. The molecule has 0 saturated carbocycles. The molecule has 3 rings (SSSR count). The van der Waals surface area contributed by atoms with Crippen molar-refractivity contribution in [3.63, 3.8) is 0 Å². The van der Waals surface area contributed by atoms with E-state index in [1.165, 1.54) is 18.3 Å². The molecule has 2 aromatic rings. The summed E-state index contributed by atoms with van der Waals surface area (Å²) in [5.74, 6) is 0.0234. The average molecular weight is 329 g/mol. The smallest absolute Gasteiger partial charge is 0.255 e. The van der Waals surface area contributed by atoms with E-state index >= 15 is 0 Å². The van der Waals surface area contributed by atoms with Gasteiger partial charge in [0.05, 0.1) is 17.3 Å². The number of carbonyl (C=O) groups is 2. The third kappa shape index (κ3) is 3.59. The Hall–Kier alpha value is -2.21. The lowest BCUT2D eigenvalue weighted by atomic mass is 10.1. The highest BCUT2D eigenvalue weighted by Crippen LogP contribution is 2.32. The summed E-state index contributed by atoms with van der Waals surface area (Å²) < 4.78 is 0. The van der Waals surface area contributed by atoms with Gasteiger partial charge in [0, 0.05) is 31.6 Å². The minimum Gasteiger partial charge on any atom is -0.352 e. The van der Waals surface area contributed by atoms with Crippen LogP contribution in [0, 0.1) is 0 Å². The summed E-state index contributed by atoms with van der Waals surface area (Å²) in [6.07, 6.45) is 3.71. The molecular formula is C17H19N3O2S. The van der Waals surface area contributed by atoms with Crippen molar-refractivity contribution in [1.82, 2.24) is 15.2 Å². The Bertz CT molecular complexity index is 682. The van der Waals surface area contributed by atoms with Gasteiger partial charge in [0.1, 0.15) is 0 Å². The highest BCUT2D eigenvalue weighted by Gasteiger charge is 2.31. The molecular weight excluding hydrogens is 310 g/mol. The van der Waals surface area contributed by atoms with E-state index in [0.717, 1.165) is 36.2 Å². The van der Waals surface area contributed by atoms with Crippen molar-refractivity contribution in [2.75, 3.05) is 6.54 Å². The van der Waals surface area contributed by atoms with Crippen molar-refractivity contribution in [3.8, 4) is 0 Å². The van der Waals surface area contributed by atoms with Crippen molar-refractivity contribution in [2.45, 2.75) is 32.4 Å². The van der Waals surface area contributed by atoms with Crippen molar-refractivity contribution < 1.29 is 9.59 Å². The van der Waals surface area contributed by atoms with Crippen LogP contribution in [0.25, 0.3) is 0 Å². The summed E-state index contributed by atoms with van der Waals surface area (Å²) in [4.78, 5) is 30.0. The monoisotopic (exact) mass is 329 g/mol. The Labute approximate surface area is 139 Å². The van der Waals surface area contributed by atoms with E-state index in [2.05, 4.69) is 10.3 Å². The second-order valence-electron chi connectivity index (χ2n) is 5.67. The Morgan fingerprint density at radius 2 is 2.26 bits per heavy atom. The fraction of sp³-hybridized carbons (Fsp3) is 0.353. The van der Waals surface area contributed by atoms with Crippen LogP contribution in [0.2, 0.25) is 0 Å². The summed E-state index contributed by atoms with van der Waals surface area (Å²) in [6, 6.07) is 5.83. The van der Waals surface area contributed by atoms with Crippen molar-refractivity contribution in [2.24, 2.45) is 0 Å². The lowest BCUT2D eigenvalue weighted by Gasteiger charge is -2.24. The number of nitrogens with zero attached hydrogens (tertiary/aromatic N) is 2. The number of likely N-dealkylation sites (tertiary alicyclic amines) is 1. The van der Waals surface area contributed by atoms with Gasteiger partial charge in [-0.05, 0) is 35.9 Å². The SMILES string of the molecule is CC(=O)NCc1ccc([C@@H]2CCCN2C(=O)c2ccsc2)nc1. The largest absolute Gasteiger partial charge is 0.352 e. The number of thiophene rings is 1. The standard InChI is InChI=1S/C17H19N3O2S/c1-12(21)18-9-13-4-5-15(19-10-13)16-3-2-7-20(16)17(22)14-6-8-23-11-14/h4-6,8,10-11,16H,2-3,7,9H2,1H3,(H,18,21)/t16-/m0/s1. The van der Waals surface area contributed by atoms with E-state index in [0.29, 0.717) is 6.54 Å². The lowest BCUT2D eigenvalue weighted by molar-refractivity contribution is -0.119. The number of amides is 2. The zero-order chi connectivity index (χ0) is 16.2. The van der Waals surface area contributed by atoms with E-state index in [-0.39, 0.29) is 17.9 Å². The van der Waals surface area contributed by atoms with E-state index in [9.17, 15) is 9.59 Å². The van der Waals surface area contributed by atoms with Gasteiger partial charge in [0.15, 0.2) is 0 Å². The quantitative estimate of drug-likeness (QED) is 0.938. The van der Waals surface area contributed by atoms with E-state index in [4.69, 9.17) is 0 Å². The molecule has 3 heterocycles. The molecule has 1 fully saturated rings. The van der Waals surface area contributed by atoms with Gasteiger partial charge in [-0.3, -0.25) is 14.6 Å². The van der Waals surface area contributed by atoms with Crippen LogP contribution in [-0.4, -0.2) is 28.2 Å². The number of aromatic nitrogens is 1. The second-order valence-corrected chi connectivity index (χ2v) is 6.45. The van der Waals surface area contributed by atoms with E-state index in [1.807, 2.05) is 33.9 Å². The van der Waals surface area contributed by atoms with Gasteiger partial charge in [-0.15, -0.1) is 0 Å². The van der Waals surface area contributed by atoms with Crippen LogP contribution in [0.3, 0.4) is 0 Å². The summed E-state index contributed by atoms with van der Waals surface area (Å²) in [7, 11) is 0. The number of carbonyl (C=O) groups excluding carboxylic acids is 2. The average Bonchev–Trinajstić information content (AvgIpc) is 3.24. The molecule has 1 aliphatic rings. The fourth-order valence-electron chi connectivity index (χ4n) is 2.83. The minimum atomic E-state index is -0.0580. The minimum absolute atomic E-state index is 0.0391. The normalized spacial score (nSPS) is 17.3. The number of nitrogens with one attached hydrogen (secondary N) is 1. The first-order chi connectivity index (χ1) is 11.1. The Morgan fingerprint density at radius 1 is 1.39 bits per heavy atom. The zero-order valence-corrected chi connectivity index (χ0v) is 13.8. The van der Waals surface area contributed by atoms with E-state index < -0.39 is 0 Å². The molecule has 2 aromatic heterocycles. The number of hydrogen-bond acceptors (Lipinski definition) is 4. The van der Waals surface area contributed by atoms with Gasteiger partial charge in [0.25, 0.3) is 5.91 Å². The molecule has 120 valence electrons. The molecule has 1 atom stereocenters. The molecule has 1 saturated heterocycles. The predicted molar refractivity (Wildman–Crippen MR) is 89.1 cm³/mol. The van der Waals surface area contributed by atoms with Crippen molar-refractivity contribution >= 4 is 23.2 Å². The molecule has 2 amide bonds. The molecule has 0 spiro atoms. The Morgan fingerprint density at radius 3 is 2.91 bits per heavy atom. The van der Waals surface area contributed by atoms with Gasteiger partial charge in [-0.1, -0.05) is 6.07 Å². The lowest BCUT2D eigenvalue weighted by Crippen LogP contribution is -2.30. The van der Waals surface area contributed by atoms with Crippen LogP contribution >= 0.6 is 11.3 Å². The third-order valence-electron chi connectivity index (χ3n) is 4.01. The molecule has 0 aromatic carbocycles. The van der Waals surface area contributed by atoms with Crippen LogP contribution < -0.4 is 5.32 Å².